The number of rotatable bonds is 3. The molecule has 2 heterocycles. The van der Waals surface area contributed by atoms with Crippen molar-refractivity contribution in [3.05, 3.63) is 29.7 Å². The molecule has 0 atom stereocenters. The minimum atomic E-state index is -4.68. The molecule has 0 aliphatic rings. The van der Waals surface area contributed by atoms with Gasteiger partial charge in [-0.2, -0.15) is 23.3 Å². The lowest BCUT2D eigenvalue weighted by Crippen LogP contribution is -2.11. The van der Waals surface area contributed by atoms with Crippen molar-refractivity contribution >= 4 is 5.78 Å². The number of alkyl halides is 3. The molecule has 9 heteroatoms. The summed E-state index contributed by atoms with van der Waals surface area (Å²) in [5.41, 5.74) is 0.252. The Morgan fingerprint density at radius 1 is 1.50 bits per heavy atom. The molecule has 2 aromatic rings. The van der Waals surface area contributed by atoms with E-state index in [0.717, 1.165) is 0 Å². The normalized spacial score (nSPS) is 11.8. The molecule has 0 fully saturated rings. The third-order valence-corrected chi connectivity index (χ3v) is 2.14. The molecule has 2 aromatic heterocycles. The second kappa shape index (κ2) is 4.24. The first-order valence-corrected chi connectivity index (χ1v) is 4.79. The Hall–Kier alpha value is -2.19. The highest BCUT2D eigenvalue weighted by Crippen LogP contribution is 2.26. The van der Waals surface area contributed by atoms with Gasteiger partial charge >= 0.3 is 6.18 Å². The monoisotopic (exact) mass is 260 g/mol. The fourth-order valence-corrected chi connectivity index (χ4v) is 1.32. The Labute approximate surface area is 98.4 Å². The quantitative estimate of drug-likeness (QED) is 0.776. The maximum absolute atomic E-state index is 12.2. The molecule has 0 bridgehead atoms. The van der Waals surface area contributed by atoms with Crippen LogP contribution >= 0.6 is 0 Å². The van der Waals surface area contributed by atoms with Gasteiger partial charge in [-0.15, -0.1) is 0 Å². The lowest BCUT2D eigenvalue weighted by Gasteiger charge is -1.98. The predicted molar refractivity (Wildman–Crippen MR) is 50.5 cm³/mol. The van der Waals surface area contributed by atoms with Gasteiger partial charge in [-0.1, -0.05) is 5.16 Å². The van der Waals surface area contributed by atoms with Gasteiger partial charge in [0.15, 0.2) is 5.78 Å². The number of nitrogens with zero attached hydrogens (tertiary/aromatic N) is 4. The van der Waals surface area contributed by atoms with Crippen LogP contribution in [0.2, 0.25) is 0 Å². The predicted octanol–water partition coefficient (Wildman–Crippen LogP) is 1.25. The van der Waals surface area contributed by atoms with Crippen molar-refractivity contribution in [2.75, 3.05) is 0 Å². The van der Waals surface area contributed by atoms with Gasteiger partial charge in [0.05, 0.1) is 6.42 Å². The van der Waals surface area contributed by atoms with E-state index in [1.54, 1.807) is 7.05 Å². The Kier molecular flexibility index (Phi) is 2.89. The van der Waals surface area contributed by atoms with Crippen LogP contribution < -0.4 is 0 Å². The molecule has 2 rings (SSSR count). The highest BCUT2D eigenvalue weighted by molar-refractivity contribution is 5.95. The maximum Gasteiger partial charge on any atom is 0.455 e. The Morgan fingerprint density at radius 3 is 2.72 bits per heavy atom. The van der Waals surface area contributed by atoms with E-state index in [2.05, 4.69) is 19.8 Å². The Morgan fingerprint density at radius 2 is 2.22 bits per heavy atom. The lowest BCUT2D eigenvalue weighted by atomic mass is 10.2. The maximum atomic E-state index is 12.2. The van der Waals surface area contributed by atoms with Crippen LogP contribution in [0, 0.1) is 0 Å². The van der Waals surface area contributed by atoms with Gasteiger partial charge in [-0.3, -0.25) is 9.48 Å². The standard InChI is InChI=1S/C9H7F3N4O2/c1-16-5(2-3-13-16)6(17)4-7-14-8(15-18-7)9(10,11)12/h2-3H,4H2,1H3. The Bertz CT molecular complexity index is 572. The summed E-state index contributed by atoms with van der Waals surface area (Å²) in [6.45, 7) is 0. The number of ketones is 1. The van der Waals surface area contributed by atoms with E-state index in [1.807, 2.05) is 0 Å². The molecular weight excluding hydrogens is 253 g/mol. The van der Waals surface area contributed by atoms with Crippen molar-refractivity contribution in [3.63, 3.8) is 0 Å². The summed E-state index contributed by atoms with van der Waals surface area (Å²) < 4.78 is 42.3. The molecule has 0 unspecified atom stereocenters. The van der Waals surface area contributed by atoms with Crippen LogP contribution in [0.3, 0.4) is 0 Å². The van der Waals surface area contributed by atoms with Gasteiger partial charge in [-0.25, -0.2) is 0 Å². The smallest absolute Gasteiger partial charge is 0.339 e. The van der Waals surface area contributed by atoms with E-state index < -0.39 is 24.2 Å². The summed E-state index contributed by atoms with van der Waals surface area (Å²) >= 11 is 0. The highest BCUT2D eigenvalue weighted by atomic mass is 19.4. The minimum Gasteiger partial charge on any atom is -0.339 e. The first-order valence-electron chi connectivity index (χ1n) is 4.79. The number of Topliss-reactive ketones (excluding diaryl/α,β-unsaturated/α-hetero) is 1. The van der Waals surface area contributed by atoms with E-state index in [-0.39, 0.29) is 11.6 Å². The number of hydrogen-bond acceptors (Lipinski definition) is 5. The SMILES string of the molecule is Cn1nccc1C(=O)Cc1nc(C(F)(F)F)no1. The number of aromatic nitrogens is 4. The molecule has 0 radical (unpaired) electrons. The number of carbonyl (C=O) groups excluding carboxylic acids is 1. The van der Waals surface area contributed by atoms with Crippen molar-refractivity contribution in [1.82, 2.24) is 19.9 Å². The fraction of sp³-hybridized carbons (Fsp3) is 0.333. The van der Waals surface area contributed by atoms with Crippen LogP contribution in [-0.2, 0) is 19.6 Å². The molecule has 0 aliphatic heterocycles. The van der Waals surface area contributed by atoms with Gasteiger partial charge in [-0.05, 0) is 6.07 Å². The van der Waals surface area contributed by atoms with Crippen LogP contribution in [0.15, 0.2) is 16.8 Å². The molecule has 0 N–H and O–H groups in total. The fourth-order valence-electron chi connectivity index (χ4n) is 1.32. The summed E-state index contributed by atoms with van der Waals surface area (Å²) in [6.07, 6.45) is -3.68. The first kappa shape index (κ1) is 12.3. The van der Waals surface area contributed by atoms with Crippen LogP contribution in [-0.4, -0.2) is 25.7 Å². The van der Waals surface area contributed by atoms with Crippen LogP contribution in [0.5, 0.6) is 0 Å². The van der Waals surface area contributed by atoms with E-state index in [0.29, 0.717) is 0 Å². The topological polar surface area (TPSA) is 73.8 Å². The number of halogens is 3. The summed E-state index contributed by atoms with van der Waals surface area (Å²) in [6, 6.07) is 1.45. The summed E-state index contributed by atoms with van der Waals surface area (Å²) in [5.74, 6) is -2.23. The number of hydrogen-bond donors (Lipinski definition) is 0. The molecule has 0 amide bonds. The molecule has 96 valence electrons. The molecule has 0 aromatic carbocycles. The molecule has 0 spiro atoms. The van der Waals surface area contributed by atoms with Crippen molar-refractivity contribution in [2.45, 2.75) is 12.6 Å². The minimum absolute atomic E-state index is 0.252. The molecule has 18 heavy (non-hydrogen) atoms. The third kappa shape index (κ3) is 2.39. The third-order valence-electron chi connectivity index (χ3n) is 2.14. The van der Waals surface area contributed by atoms with Crippen molar-refractivity contribution < 1.29 is 22.5 Å². The summed E-state index contributed by atoms with van der Waals surface area (Å²) in [4.78, 5) is 14.8. The molecule has 0 aliphatic carbocycles. The largest absolute Gasteiger partial charge is 0.455 e. The van der Waals surface area contributed by atoms with Gasteiger partial charge in [0, 0.05) is 13.2 Å². The van der Waals surface area contributed by atoms with Gasteiger partial charge in [0.25, 0.3) is 5.82 Å². The molecule has 6 nitrogen and oxygen atoms in total. The van der Waals surface area contributed by atoms with Gasteiger partial charge in [0.1, 0.15) is 5.69 Å². The molecule has 0 saturated carbocycles. The lowest BCUT2D eigenvalue weighted by molar-refractivity contribution is -0.146. The average molecular weight is 260 g/mol. The van der Waals surface area contributed by atoms with Crippen molar-refractivity contribution in [1.29, 1.82) is 0 Å². The first-order chi connectivity index (χ1) is 8.38. The molecular formula is C9H7F3N4O2. The van der Waals surface area contributed by atoms with Crippen molar-refractivity contribution in [3.8, 4) is 0 Å². The van der Waals surface area contributed by atoms with E-state index in [4.69, 9.17) is 0 Å². The van der Waals surface area contributed by atoms with Gasteiger partial charge in [0.2, 0.25) is 5.89 Å². The van der Waals surface area contributed by atoms with E-state index in [9.17, 15) is 18.0 Å². The number of aryl methyl sites for hydroxylation is 1. The summed E-state index contributed by atoms with van der Waals surface area (Å²) in [7, 11) is 1.54. The summed E-state index contributed by atoms with van der Waals surface area (Å²) in [5, 5.41) is 6.53. The second-order valence-electron chi connectivity index (χ2n) is 3.45. The van der Waals surface area contributed by atoms with E-state index in [1.165, 1.54) is 16.9 Å². The second-order valence-corrected chi connectivity index (χ2v) is 3.45. The Balaban J connectivity index is 2.13. The zero-order valence-corrected chi connectivity index (χ0v) is 9.10. The van der Waals surface area contributed by atoms with Crippen molar-refractivity contribution in [2.24, 2.45) is 7.05 Å². The van der Waals surface area contributed by atoms with Crippen LogP contribution in [0.1, 0.15) is 22.2 Å². The van der Waals surface area contributed by atoms with Crippen LogP contribution in [0.4, 0.5) is 13.2 Å². The van der Waals surface area contributed by atoms with Gasteiger partial charge < -0.3 is 4.52 Å². The average Bonchev–Trinajstić information content (AvgIpc) is 2.85. The highest BCUT2D eigenvalue weighted by Gasteiger charge is 2.37. The van der Waals surface area contributed by atoms with E-state index >= 15 is 0 Å². The molecule has 0 saturated heterocycles. The zero-order valence-electron chi connectivity index (χ0n) is 9.10. The zero-order chi connectivity index (χ0) is 13.3. The number of carbonyl (C=O) groups is 1. The van der Waals surface area contributed by atoms with Crippen LogP contribution in [0.25, 0.3) is 0 Å².